The Morgan fingerprint density at radius 3 is 2.36 bits per heavy atom. The fourth-order valence-corrected chi connectivity index (χ4v) is 5.95. The summed E-state index contributed by atoms with van der Waals surface area (Å²) in [6.45, 7) is 8.32. The number of rotatable bonds is 6. The van der Waals surface area contributed by atoms with Crippen LogP contribution >= 0.6 is 0 Å². The molecule has 4 aromatic rings. The topological polar surface area (TPSA) is 92.4 Å². The van der Waals surface area contributed by atoms with Crippen LogP contribution in [0.4, 0.5) is 0 Å². The van der Waals surface area contributed by atoms with Gasteiger partial charge in [0.1, 0.15) is 5.69 Å². The Hall–Kier alpha value is -4.36. The predicted octanol–water partition coefficient (Wildman–Crippen LogP) is 4.67. The van der Waals surface area contributed by atoms with E-state index >= 15 is 0 Å². The molecule has 7 nitrogen and oxygen atoms in total. The van der Waals surface area contributed by atoms with Crippen molar-refractivity contribution in [1.29, 1.82) is 0 Å². The van der Waals surface area contributed by atoms with E-state index in [-0.39, 0.29) is 11.6 Å². The number of likely N-dealkylation sites (tertiary alicyclic amines) is 2. The molecule has 7 heteroatoms. The number of primary amides is 1. The molecule has 2 aliphatic heterocycles. The lowest BCUT2D eigenvalue weighted by Crippen LogP contribution is -2.60. The van der Waals surface area contributed by atoms with Crippen molar-refractivity contribution in [2.75, 3.05) is 26.2 Å². The highest BCUT2D eigenvalue weighted by Gasteiger charge is 2.44. The number of piperidine rings is 1. The molecule has 2 N–H and O–H groups in total. The van der Waals surface area contributed by atoms with E-state index in [0.29, 0.717) is 10.9 Å². The molecule has 2 saturated heterocycles. The largest absolute Gasteiger partial charge is 0.364 e. The van der Waals surface area contributed by atoms with Crippen LogP contribution in [0.5, 0.6) is 0 Å². The van der Waals surface area contributed by atoms with Gasteiger partial charge in [-0.05, 0) is 47.6 Å². The van der Waals surface area contributed by atoms with Crippen LogP contribution in [0.1, 0.15) is 28.9 Å². The fraction of sp³-hybridized carbons (Fsp3) is 0.250. The summed E-state index contributed by atoms with van der Waals surface area (Å²) in [4.78, 5) is 37.2. The van der Waals surface area contributed by atoms with E-state index in [0.717, 1.165) is 73.3 Å². The SMILES string of the molecule is C=CC(=O)N1CCC2(CC1)CN(Cc1ccc(-c3nc4cc(C(N)=O)ncc4cc3-c3ccccc3)cc1)C2. The first-order valence-corrected chi connectivity index (χ1v) is 13.3. The van der Waals surface area contributed by atoms with Crippen LogP contribution in [0.15, 0.2) is 85.6 Å². The number of nitrogens with zero attached hydrogens (tertiary/aromatic N) is 4. The maximum Gasteiger partial charge on any atom is 0.267 e. The molecule has 0 bridgehead atoms. The van der Waals surface area contributed by atoms with E-state index in [2.05, 4.69) is 58.9 Å². The van der Waals surface area contributed by atoms with Gasteiger partial charge in [0.15, 0.2) is 0 Å². The Morgan fingerprint density at radius 2 is 1.69 bits per heavy atom. The summed E-state index contributed by atoms with van der Waals surface area (Å²) in [6.07, 6.45) is 5.19. The number of nitrogens with two attached hydrogens (primary N) is 1. The van der Waals surface area contributed by atoms with Gasteiger partial charge >= 0.3 is 0 Å². The minimum absolute atomic E-state index is 0.0439. The van der Waals surface area contributed by atoms with Crippen LogP contribution in [0.2, 0.25) is 0 Å². The first-order chi connectivity index (χ1) is 18.9. The van der Waals surface area contributed by atoms with Crippen LogP contribution in [0.25, 0.3) is 33.3 Å². The number of aromatic nitrogens is 2. The highest BCUT2D eigenvalue weighted by Crippen LogP contribution is 2.41. The van der Waals surface area contributed by atoms with Gasteiger partial charge in [-0.25, -0.2) is 4.98 Å². The molecule has 2 aromatic heterocycles. The molecule has 2 aromatic carbocycles. The minimum Gasteiger partial charge on any atom is -0.364 e. The van der Waals surface area contributed by atoms with E-state index < -0.39 is 5.91 Å². The van der Waals surface area contributed by atoms with Crippen LogP contribution in [0.3, 0.4) is 0 Å². The predicted molar refractivity (Wildman–Crippen MR) is 153 cm³/mol. The summed E-state index contributed by atoms with van der Waals surface area (Å²) in [5.41, 5.74) is 11.9. The van der Waals surface area contributed by atoms with Gasteiger partial charge in [-0.3, -0.25) is 19.5 Å². The standard InChI is InChI=1S/C32H31N5O2/c1-2-29(38)37-14-12-32(13-15-37)20-36(21-32)19-22-8-10-24(11-9-22)30-26(23-6-4-3-5-7-23)16-25-18-34-28(31(33)39)17-27(25)35-30/h2-11,16-18H,1,12-15,19-21H2,(H2,33,39). The average molecular weight is 518 g/mol. The molecule has 6 rings (SSSR count). The third-order valence-electron chi connectivity index (χ3n) is 8.10. The molecule has 196 valence electrons. The highest BCUT2D eigenvalue weighted by atomic mass is 16.2. The smallest absolute Gasteiger partial charge is 0.267 e. The molecule has 2 aliphatic rings. The number of hydrogen-bond donors (Lipinski definition) is 1. The number of carbonyl (C=O) groups excluding carboxylic acids is 2. The third-order valence-corrected chi connectivity index (χ3v) is 8.10. The van der Waals surface area contributed by atoms with Crippen molar-refractivity contribution in [2.24, 2.45) is 11.1 Å². The van der Waals surface area contributed by atoms with Crippen LogP contribution in [0, 0.1) is 5.41 Å². The molecular weight excluding hydrogens is 486 g/mol. The second kappa shape index (κ2) is 10.1. The van der Waals surface area contributed by atoms with Crippen LogP contribution < -0.4 is 5.73 Å². The highest BCUT2D eigenvalue weighted by molar-refractivity contribution is 5.97. The van der Waals surface area contributed by atoms with Crippen LogP contribution in [-0.2, 0) is 11.3 Å². The van der Waals surface area contributed by atoms with E-state index in [1.807, 2.05) is 23.1 Å². The zero-order valence-electron chi connectivity index (χ0n) is 21.8. The summed E-state index contributed by atoms with van der Waals surface area (Å²) in [5, 5.41) is 0.852. The van der Waals surface area contributed by atoms with Gasteiger partial charge in [0, 0.05) is 55.4 Å². The summed E-state index contributed by atoms with van der Waals surface area (Å²) in [5.74, 6) is -0.525. The first kappa shape index (κ1) is 24.9. The van der Waals surface area contributed by atoms with Gasteiger partial charge in [0.2, 0.25) is 5.91 Å². The quantitative estimate of drug-likeness (QED) is 0.375. The molecule has 1 spiro atoms. The number of hydrogen-bond acceptors (Lipinski definition) is 5. The summed E-state index contributed by atoms with van der Waals surface area (Å²) >= 11 is 0. The Morgan fingerprint density at radius 1 is 0.974 bits per heavy atom. The monoisotopic (exact) mass is 517 g/mol. The van der Waals surface area contributed by atoms with Crippen molar-refractivity contribution in [3.63, 3.8) is 0 Å². The van der Waals surface area contributed by atoms with Crippen molar-refractivity contribution >= 4 is 22.7 Å². The van der Waals surface area contributed by atoms with Crippen molar-refractivity contribution in [2.45, 2.75) is 19.4 Å². The zero-order valence-corrected chi connectivity index (χ0v) is 21.8. The second-order valence-corrected chi connectivity index (χ2v) is 10.7. The normalized spacial score (nSPS) is 16.7. The Kier molecular flexibility index (Phi) is 6.45. The van der Waals surface area contributed by atoms with Gasteiger partial charge in [0.05, 0.1) is 11.2 Å². The van der Waals surface area contributed by atoms with Gasteiger partial charge < -0.3 is 10.6 Å². The molecule has 2 fully saturated rings. The van der Waals surface area contributed by atoms with E-state index in [1.165, 1.54) is 11.6 Å². The lowest BCUT2D eigenvalue weighted by Gasteiger charge is -2.54. The van der Waals surface area contributed by atoms with Crippen molar-refractivity contribution in [1.82, 2.24) is 19.8 Å². The molecule has 4 heterocycles. The molecule has 0 saturated carbocycles. The fourth-order valence-electron chi connectivity index (χ4n) is 5.95. The number of fused-ring (bicyclic) bond motifs is 1. The molecule has 2 amide bonds. The van der Waals surface area contributed by atoms with E-state index in [1.54, 1.807) is 12.3 Å². The van der Waals surface area contributed by atoms with Gasteiger partial charge in [-0.15, -0.1) is 0 Å². The maximum absolute atomic E-state index is 11.9. The van der Waals surface area contributed by atoms with Gasteiger partial charge in [0.25, 0.3) is 5.91 Å². The third kappa shape index (κ3) is 4.93. The molecule has 0 unspecified atom stereocenters. The molecule has 0 aliphatic carbocycles. The molecule has 0 atom stereocenters. The van der Waals surface area contributed by atoms with E-state index in [9.17, 15) is 9.59 Å². The average Bonchev–Trinajstić information content (AvgIpc) is 2.96. The lowest BCUT2D eigenvalue weighted by molar-refractivity contribution is -0.131. The minimum atomic E-state index is -0.569. The molecule has 0 radical (unpaired) electrons. The van der Waals surface area contributed by atoms with Crippen LogP contribution in [-0.4, -0.2) is 57.8 Å². The summed E-state index contributed by atoms with van der Waals surface area (Å²) < 4.78 is 0. The molecule has 39 heavy (non-hydrogen) atoms. The maximum atomic E-state index is 11.9. The Bertz CT molecular complexity index is 1550. The lowest BCUT2D eigenvalue weighted by atomic mass is 9.72. The van der Waals surface area contributed by atoms with Crippen molar-refractivity contribution < 1.29 is 9.59 Å². The number of amides is 2. The number of carbonyl (C=O) groups is 2. The molecular formula is C32H31N5O2. The van der Waals surface area contributed by atoms with Crippen molar-refractivity contribution in [3.8, 4) is 22.4 Å². The summed E-state index contributed by atoms with van der Waals surface area (Å²) in [6, 6.07) is 22.5. The van der Waals surface area contributed by atoms with E-state index in [4.69, 9.17) is 10.7 Å². The van der Waals surface area contributed by atoms with Gasteiger partial charge in [-0.2, -0.15) is 0 Å². The van der Waals surface area contributed by atoms with Gasteiger partial charge in [-0.1, -0.05) is 61.2 Å². The Labute approximate surface area is 228 Å². The Balaban J connectivity index is 1.21. The zero-order chi connectivity index (χ0) is 27.0. The first-order valence-electron chi connectivity index (χ1n) is 13.3. The summed E-state index contributed by atoms with van der Waals surface area (Å²) in [7, 11) is 0. The second-order valence-electron chi connectivity index (χ2n) is 10.7. The number of benzene rings is 2. The van der Waals surface area contributed by atoms with Crippen molar-refractivity contribution in [3.05, 3.63) is 96.8 Å². The number of pyridine rings is 2.